The second-order valence-corrected chi connectivity index (χ2v) is 10.5. The summed E-state index contributed by atoms with van der Waals surface area (Å²) in [4.78, 5) is 8.97. The Hall–Kier alpha value is -1.20. The number of guanidine groups is 1. The van der Waals surface area contributed by atoms with Crippen molar-refractivity contribution in [2.45, 2.75) is 50.7 Å². The third-order valence-electron chi connectivity index (χ3n) is 5.06. The first kappa shape index (κ1) is 22.5. The Kier molecular flexibility index (Phi) is 7.92. The zero-order valence-corrected chi connectivity index (χ0v) is 19.1. The molecular formula is C19H32N4O4S2. The summed E-state index contributed by atoms with van der Waals surface area (Å²) in [6.45, 7) is 10.1. The predicted molar refractivity (Wildman–Crippen MR) is 115 cm³/mol. The second-order valence-electron chi connectivity index (χ2n) is 7.32. The Morgan fingerprint density at radius 3 is 2.76 bits per heavy atom. The van der Waals surface area contributed by atoms with Gasteiger partial charge in [0, 0.05) is 42.5 Å². The maximum Gasteiger partial charge on any atom is 0.241 e. The molecule has 2 fully saturated rings. The molecule has 164 valence electrons. The quantitative estimate of drug-likeness (QED) is 0.376. The summed E-state index contributed by atoms with van der Waals surface area (Å²) >= 11 is 1.49. The summed E-state index contributed by atoms with van der Waals surface area (Å²) < 4.78 is 39.4. The van der Waals surface area contributed by atoms with Gasteiger partial charge < -0.3 is 19.7 Å². The van der Waals surface area contributed by atoms with Gasteiger partial charge >= 0.3 is 0 Å². The Morgan fingerprint density at radius 2 is 2.10 bits per heavy atom. The fourth-order valence-corrected chi connectivity index (χ4v) is 6.28. The Bertz CT molecular complexity index is 803. The lowest BCUT2D eigenvalue weighted by molar-refractivity contribution is -0.0817. The minimum atomic E-state index is -3.50. The maximum absolute atomic E-state index is 12.5. The zero-order valence-electron chi connectivity index (χ0n) is 17.4. The van der Waals surface area contributed by atoms with E-state index in [-0.39, 0.29) is 18.8 Å². The average molecular weight is 445 g/mol. The number of ether oxygens (including phenoxy) is 2. The minimum Gasteiger partial charge on any atom is -0.375 e. The molecule has 3 heterocycles. The van der Waals surface area contributed by atoms with E-state index < -0.39 is 10.0 Å². The third-order valence-corrected chi connectivity index (χ3v) is 7.74. The largest absolute Gasteiger partial charge is 0.375 e. The molecule has 0 aliphatic carbocycles. The molecule has 0 spiro atoms. The van der Waals surface area contributed by atoms with E-state index in [0.717, 1.165) is 54.8 Å². The first-order valence-electron chi connectivity index (χ1n) is 10.2. The van der Waals surface area contributed by atoms with Crippen molar-refractivity contribution in [2.75, 3.05) is 45.9 Å². The highest BCUT2D eigenvalue weighted by Crippen LogP contribution is 2.24. The summed E-state index contributed by atoms with van der Waals surface area (Å²) in [7, 11) is -3.50. The van der Waals surface area contributed by atoms with Gasteiger partial charge in [0.1, 0.15) is 6.10 Å². The van der Waals surface area contributed by atoms with Crippen molar-refractivity contribution in [1.29, 1.82) is 0 Å². The van der Waals surface area contributed by atoms with Crippen molar-refractivity contribution in [3.05, 3.63) is 15.8 Å². The lowest BCUT2D eigenvalue weighted by atomic mass is 10.1. The molecule has 3 rings (SSSR count). The fourth-order valence-electron chi connectivity index (χ4n) is 3.71. The lowest BCUT2D eigenvalue weighted by Crippen LogP contribution is -2.53. The first-order valence-corrected chi connectivity index (χ1v) is 12.5. The monoisotopic (exact) mass is 444 g/mol. The van der Waals surface area contributed by atoms with Gasteiger partial charge in [0.25, 0.3) is 0 Å². The SMILES string of the molecule is CCNC(=NCCNS(=O)(=O)c1cc(C)sc1C)N1CCOC(C2CCCO2)C1. The van der Waals surface area contributed by atoms with Gasteiger partial charge in [0.2, 0.25) is 10.0 Å². The standard InChI is InChI=1S/C19H32N4O4S2/c1-4-20-19(23-9-11-27-17(13-23)16-6-5-10-26-16)21-7-8-22-29(24,25)18-12-14(2)28-15(18)3/h12,16-17,22H,4-11,13H2,1-3H3,(H,20,21). The van der Waals surface area contributed by atoms with Gasteiger partial charge in [-0.25, -0.2) is 13.1 Å². The predicted octanol–water partition coefficient (Wildman–Crippen LogP) is 1.49. The summed E-state index contributed by atoms with van der Waals surface area (Å²) in [6, 6.07) is 1.72. The normalized spacial score (nSPS) is 23.6. The van der Waals surface area contributed by atoms with E-state index in [2.05, 4.69) is 19.9 Å². The zero-order chi connectivity index (χ0) is 20.9. The smallest absolute Gasteiger partial charge is 0.241 e. The van der Waals surface area contributed by atoms with Crippen LogP contribution in [-0.2, 0) is 19.5 Å². The lowest BCUT2D eigenvalue weighted by Gasteiger charge is -2.37. The molecule has 1 aromatic rings. The number of nitrogens with one attached hydrogen (secondary N) is 2. The molecule has 2 atom stereocenters. The van der Waals surface area contributed by atoms with E-state index in [1.54, 1.807) is 6.07 Å². The van der Waals surface area contributed by atoms with Gasteiger partial charge in [-0.3, -0.25) is 4.99 Å². The molecule has 0 bridgehead atoms. The number of aryl methyl sites for hydroxylation is 2. The number of sulfonamides is 1. The number of aliphatic imine (C=N–C) groups is 1. The van der Waals surface area contributed by atoms with E-state index in [1.807, 2.05) is 20.8 Å². The van der Waals surface area contributed by atoms with Crippen LogP contribution in [0.3, 0.4) is 0 Å². The van der Waals surface area contributed by atoms with Crippen LogP contribution in [0.1, 0.15) is 29.5 Å². The molecule has 2 unspecified atom stereocenters. The Labute approximate surface area is 177 Å². The maximum atomic E-state index is 12.5. The molecule has 2 saturated heterocycles. The topological polar surface area (TPSA) is 92.3 Å². The fraction of sp³-hybridized carbons (Fsp3) is 0.737. The van der Waals surface area contributed by atoms with Crippen LogP contribution in [0.25, 0.3) is 0 Å². The molecule has 0 saturated carbocycles. The van der Waals surface area contributed by atoms with Crippen LogP contribution in [0.15, 0.2) is 16.0 Å². The molecule has 2 aliphatic rings. The number of nitrogens with zero attached hydrogens (tertiary/aromatic N) is 2. The molecule has 10 heteroatoms. The van der Waals surface area contributed by atoms with E-state index in [0.29, 0.717) is 18.0 Å². The molecule has 1 aromatic heterocycles. The van der Waals surface area contributed by atoms with Crippen LogP contribution < -0.4 is 10.0 Å². The van der Waals surface area contributed by atoms with E-state index >= 15 is 0 Å². The van der Waals surface area contributed by atoms with Gasteiger partial charge in [-0.1, -0.05) is 0 Å². The molecule has 0 amide bonds. The highest BCUT2D eigenvalue weighted by Gasteiger charge is 2.32. The van der Waals surface area contributed by atoms with Gasteiger partial charge in [-0.05, 0) is 39.7 Å². The number of morpholine rings is 1. The van der Waals surface area contributed by atoms with Crippen molar-refractivity contribution < 1.29 is 17.9 Å². The van der Waals surface area contributed by atoms with Gasteiger partial charge in [-0.15, -0.1) is 11.3 Å². The molecule has 0 aromatic carbocycles. The minimum absolute atomic E-state index is 0.0541. The van der Waals surface area contributed by atoms with Crippen molar-refractivity contribution in [3.63, 3.8) is 0 Å². The third kappa shape index (κ3) is 5.91. The van der Waals surface area contributed by atoms with Crippen LogP contribution in [0, 0.1) is 13.8 Å². The van der Waals surface area contributed by atoms with Crippen molar-refractivity contribution >= 4 is 27.3 Å². The van der Waals surface area contributed by atoms with Crippen LogP contribution in [0.5, 0.6) is 0 Å². The summed E-state index contributed by atoms with van der Waals surface area (Å²) in [5.74, 6) is 0.792. The molecule has 2 aliphatic heterocycles. The molecule has 0 radical (unpaired) electrons. The number of thiophene rings is 1. The van der Waals surface area contributed by atoms with E-state index in [9.17, 15) is 8.42 Å². The summed E-state index contributed by atoms with van der Waals surface area (Å²) in [5.41, 5.74) is 0. The number of rotatable bonds is 7. The highest BCUT2D eigenvalue weighted by atomic mass is 32.2. The first-order chi connectivity index (χ1) is 13.9. The number of hydrogen-bond donors (Lipinski definition) is 2. The number of hydrogen-bond acceptors (Lipinski definition) is 6. The summed E-state index contributed by atoms with van der Waals surface area (Å²) in [6.07, 6.45) is 2.33. The van der Waals surface area contributed by atoms with Crippen LogP contribution in [0.4, 0.5) is 0 Å². The van der Waals surface area contributed by atoms with Crippen LogP contribution in [-0.4, -0.2) is 77.4 Å². The van der Waals surface area contributed by atoms with Crippen molar-refractivity contribution in [3.8, 4) is 0 Å². The van der Waals surface area contributed by atoms with Gasteiger partial charge in [0.15, 0.2) is 5.96 Å². The average Bonchev–Trinajstić information content (AvgIpc) is 3.34. The van der Waals surface area contributed by atoms with Gasteiger partial charge in [-0.2, -0.15) is 0 Å². The van der Waals surface area contributed by atoms with Crippen molar-refractivity contribution in [2.24, 2.45) is 4.99 Å². The van der Waals surface area contributed by atoms with E-state index in [1.165, 1.54) is 11.3 Å². The molecule has 2 N–H and O–H groups in total. The second kappa shape index (κ2) is 10.2. The Balaban J connectivity index is 1.56. The van der Waals surface area contributed by atoms with E-state index in [4.69, 9.17) is 9.47 Å². The molecule has 29 heavy (non-hydrogen) atoms. The highest BCUT2D eigenvalue weighted by molar-refractivity contribution is 7.89. The van der Waals surface area contributed by atoms with Crippen LogP contribution >= 0.6 is 11.3 Å². The summed E-state index contributed by atoms with van der Waals surface area (Å²) in [5, 5.41) is 3.31. The van der Waals surface area contributed by atoms with Gasteiger partial charge in [0.05, 0.1) is 24.2 Å². The van der Waals surface area contributed by atoms with Crippen molar-refractivity contribution in [1.82, 2.24) is 14.9 Å². The van der Waals surface area contributed by atoms with Crippen LogP contribution in [0.2, 0.25) is 0 Å². The molecule has 8 nitrogen and oxygen atoms in total. The Morgan fingerprint density at radius 1 is 1.31 bits per heavy atom. The molecular weight excluding hydrogens is 412 g/mol.